The molecule has 1 aromatic rings. The minimum Gasteiger partial charge on any atom is -0.205 e. The van der Waals surface area contributed by atoms with Crippen molar-refractivity contribution in [1.29, 1.82) is 0 Å². The summed E-state index contributed by atoms with van der Waals surface area (Å²) in [6, 6.07) is 1.93. The van der Waals surface area contributed by atoms with Gasteiger partial charge in [0.15, 0.2) is 0 Å². The van der Waals surface area contributed by atoms with Gasteiger partial charge < -0.3 is 0 Å². The summed E-state index contributed by atoms with van der Waals surface area (Å²) < 4.78 is 46.2. The van der Waals surface area contributed by atoms with E-state index in [-0.39, 0.29) is 10.6 Å². The van der Waals surface area contributed by atoms with Crippen molar-refractivity contribution in [3.63, 3.8) is 0 Å². The average Bonchev–Trinajstić information content (AvgIpc) is 1.78. The summed E-state index contributed by atoms with van der Waals surface area (Å²) in [6.07, 6.45) is 0. The van der Waals surface area contributed by atoms with E-state index in [4.69, 9.17) is 11.6 Å². The van der Waals surface area contributed by atoms with E-state index in [9.17, 15) is 16.7 Å². The van der Waals surface area contributed by atoms with Gasteiger partial charge in [-0.25, -0.2) is 4.39 Å². The molecule has 0 unspecified atom stereocenters. The van der Waals surface area contributed by atoms with Gasteiger partial charge in [0.25, 0.3) is 0 Å². The molecule has 0 fully saturated rings. The van der Waals surface area contributed by atoms with Gasteiger partial charge in [0.2, 0.25) is 0 Å². The molecule has 0 spiro atoms. The lowest BCUT2D eigenvalue weighted by Crippen LogP contribution is -1.99. The summed E-state index contributed by atoms with van der Waals surface area (Å²) >= 11 is 5.42. The summed E-state index contributed by atoms with van der Waals surface area (Å²) in [5.41, 5.74) is -0.0486. The van der Waals surface area contributed by atoms with Gasteiger partial charge >= 0.3 is 10.2 Å². The Morgan fingerprint density at radius 3 is 2.31 bits per heavy atom. The standard InChI is InChI=1S/C7H5ClF2O2S/c1-4-2-5(8)3-6(9)7(4)13(10,11)12/h2-3H,1H3. The van der Waals surface area contributed by atoms with Crippen LogP contribution in [0.5, 0.6) is 0 Å². The molecule has 0 heterocycles. The summed E-state index contributed by atoms with van der Waals surface area (Å²) in [5.74, 6) is -1.17. The third kappa shape index (κ3) is 2.16. The van der Waals surface area contributed by atoms with Crippen LogP contribution in [0.1, 0.15) is 5.56 Å². The van der Waals surface area contributed by atoms with Gasteiger partial charge in [-0.2, -0.15) is 8.42 Å². The first-order valence-electron chi connectivity index (χ1n) is 3.22. The van der Waals surface area contributed by atoms with Gasteiger partial charge in [-0.05, 0) is 24.6 Å². The van der Waals surface area contributed by atoms with Gasteiger partial charge in [0, 0.05) is 5.02 Å². The van der Waals surface area contributed by atoms with E-state index in [0.717, 1.165) is 6.07 Å². The minimum atomic E-state index is -5.01. The first-order valence-corrected chi connectivity index (χ1v) is 4.99. The SMILES string of the molecule is Cc1cc(Cl)cc(F)c1S(=O)(=O)F. The van der Waals surface area contributed by atoms with Crippen molar-refractivity contribution in [2.24, 2.45) is 0 Å². The van der Waals surface area contributed by atoms with Crippen LogP contribution < -0.4 is 0 Å². The Labute approximate surface area is 79.4 Å². The molecule has 0 atom stereocenters. The second-order valence-electron chi connectivity index (χ2n) is 2.47. The third-order valence-corrected chi connectivity index (χ3v) is 2.66. The fourth-order valence-electron chi connectivity index (χ4n) is 0.998. The van der Waals surface area contributed by atoms with Crippen molar-refractivity contribution in [3.8, 4) is 0 Å². The fraction of sp³-hybridized carbons (Fsp3) is 0.143. The number of hydrogen-bond acceptors (Lipinski definition) is 2. The number of benzene rings is 1. The zero-order valence-electron chi connectivity index (χ0n) is 6.51. The first kappa shape index (κ1) is 10.4. The van der Waals surface area contributed by atoms with Crippen LogP contribution in [-0.4, -0.2) is 8.42 Å². The van der Waals surface area contributed by atoms with Crippen molar-refractivity contribution in [1.82, 2.24) is 0 Å². The maximum atomic E-state index is 12.9. The molecule has 0 aromatic heterocycles. The molecule has 0 amide bonds. The van der Waals surface area contributed by atoms with Crippen LogP contribution >= 0.6 is 11.6 Å². The third-order valence-electron chi connectivity index (χ3n) is 1.44. The molecule has 0 aliphatic rings. The monoisotopic (exact) mass is 226 g/mol. The lowest BCUT2D eigenvalue weighted by molar-refractivity contribution is 0.532. The van der Waals surface area contributed by atoms with Crippen LogP contribution in [0.15, 0.2) is 17.0 Å². The zero-order valence-corrected chi connectivity index (χ0v) is 8.09. The maximum absolute atomic E-state index is 12.9. The molecule has 1 aromatic carbocycles. The molecule has 0 saturated heterocycles. The first-order chi connectivity index (χ1) is 5.82. The zero-order chi connectivity index (χ0) is 10.2. The van der Waals surface area contributed by atoms with Gasteiger partial charge in [-0.1, -0.05) is 11.6 Å². The summed E-state index contributed by atoms with van der Waals surface area (Å²) in [6.45, 7) is 1.27. The smallest absolute Gasteiger partial charge is 0.205 e. The van der Waals surface area contributed by atoms with E-state index in [1.165, 1.54) is 13.0 Å². The van der Waals surface area contributed by atoms with E-state index in [0.29, 0.717) is 0 Å². The Morgan fingerprint density at radius 1 is 1.38 bits per heavy atom. The van der Waals surface area contributed by atoms with Crippen LogP contribution in [-0.2, 0) is 10.2 Å². The lowest BCUT2D eigenvalue weighted by atomic mass is 10.2. The van der Waals surface area contributed by atoms with Crippen molar-refractivity contribution < 1.29 is 16.7 Å². The minimum absolute atomic E-state index is 0.0300. The van der Waals surface area contributed by atoms with Crippen molar-refractivity contribution in [3.05, 3.63) is 28.5 Å². The van der Waals surface area contributed by atoms with Gasteiger partial charge in [-0.15, -0.1) is 3.89 Å². The molecule has 2 nitrogen and oxygen atoms in total. The second kappa shape index (κ2) is 3.23. The highest BCUT2D eigenvalue weighted by atomic mass is 35.5. The van der Waals surface area contributed by atoms with E-state index >= 15 is 0 Å². The highest BCUT2D eigenvalue weighted by Gasteiger charge is 2.21. The van der Waals surface area contributed by atoms with E-state index in [1.807, 2.05) is 0 Å². The maximum Gasteiger partial charge on any atom is 0.335 e. The lowest BCUT2D eigenvalue weighted by Gasteiger charge is -2.02. The van der Waals surface area contributed by atoms with Gasteiger partial charge in [-0.3, -0.25) is 0 Å². The Kier molecular flexibility index (Phi) is 2.58. The number of halogens is 3. The molecule has 1 rings (SSSR count). The quantitative estimate of drug-likeness (QED) is 0.690. The Balaban J connectivity index is 3.57. The number of rotatable bonds is 1. The Morgan fingerprint density at radius 2 is 1.92 bits per heavy atom. The largest absolute Gasteiger partial charge is 0.335 e. The molecule has 72 valence electrons. The summed E-state index contributed by atoms with van der Waals surface area (Å²) in [7, 11) is -5.01. The molecule has 6 heteroatoms. The van der Waals surface area contributed by atoms with E-state index < -0.39 is 20.9 Å². The highest BCUT2D eigenvalue weighted by Crippen LogP contribution is 2.24. The molecule has 0 radical (unpaired) electrons. The summed E-state index contributed by atoms with van der Waals surface area (Å²) in [4.78, 5) is -0.947. The van der Waals surface area contributed by atoms with Crippen LogP contribution in [0, 0.1) is 12.7 Å². The van der Waals surface area contributed by atoms with Crippen molar-refractivity contribution in [2.75, 3.05) is 0 Å². The van der Waals surface area contributed by atoms with Gasteiger partial charge in [0.05, 0.1) is 0 Å². The molecule has 0 aliphatic carbocycles. The Bertz CT molecular complexity index is 419. The van der Waals surface area contributed by atoms with Crippen LogP contribution in [0.3, 0.4) is 0 Å². The molecular formula is C7H5ClF2O2S. The van der Waals surface area contributed by atoms with E-state index in [1.54, 1.807) is 0 Å². The van der Waals surface area contributed by atoms with Crippen LogP contribution in [0.4, 0.5) is 8.28 Å². The molecule has 13 heavy (non-hydrogen) atoms. The van der Waals surface area contributed by atoms with Crippen LogP contribution in [0.25, 0.3) is 0 Å². The predicted molar refractivity (Wildman–Crippen MR) is 44.4 cm³/mol. The van der Waals surface area contributed by atoms with Gasteiger partial charge in [0.1, 0.15) is 10.7 Å². The number of hydrogen-bond donors (Lipinski definition) is 0. The molecule has 0 saturated carbocycles. The second-order valence-corrected chi connectivity index (χ2v) is 4.19. The summed E-state index contributed by atoms with van der Waals surface area (Å²) in [5, 5.41) is 0.0300. The normalized spacial score (nSPS) is 11.7. The molecule has 0 bridgehead atoms. The van der Waals surface area contributed by atoms with E-state index in [2.05, 4.69) is 0 Å². The average molecular weight is 227 g/mol. The highest BCUT2D eigenvalue weighted by molar-refractivity contribution is 7.86. The van der Waals surface area contributed by atoms with Crippen LogP contribution in [0.2, 0.25) is 5.02 Å². The topological polar surface area (TPSA) is 34.1 Å². The molecule has 0 N–H and O–H groups in total. The Hall–Kier alpha value is -0.680. The fourth-order valence-corrected chi connectivity index (χ4v) is 1.99. The number of aryl methyl sites for hydroxylation is 1. The molecule has 0 aliphatic heterocycles. The van der Waals surface area contributed by atoms with Crippen molar-refractivity contribution >= 4 is 21.8 Å². The molecular weight excluding hydrogens is 222 g/mol. The predicted octanol–water partition coefficient (Wildman–Crippen LogP) is 2.45. The van der Waals surface area contributed by atoms with Crippen molar-refractivity contribution in [2.45, 2.75) is 11.8 Å².